The fourth-order valence-corrected chi connectivity index (χ4v) is 1.76. The molecular weight excluding hydrogens is 214 g/mol. The van der Waals surface area contributed by atoms with Crippen molar-refractivity contribution in [3.05, 3.63) is 35.9 Å². The minimum Gasteiger partial charge on any atom is -0.355 e. The molecule has 0 unspecified atom stereocenters. The Morgan fingerprint density at radius 2 is 1.71 bits per heavy atom. The van der Waals surface area contributed by atoms with Gasteiger partial charge >= 0.3 is 0 Å². The maximum absolute atomic E-state index is 5.14. The van der Waals surface area contributed by atoms with Gasteiger partial charge in [0, 0.05) is 32.7 Å². The molecule has 0 aliphatic rings. The maximum atomic E-state index is 5.14. The second kappa shape index (κ2) is 6.74. The summed E-state index contributed by atoms with van der Waals surface area (Å²) in [6, 6.07) is 10.5. The molecule has 0 saturated carbocycles. The summed E-state index contributed by atoms with van der Waals surface area (Å²) in [5.41, 5.74) is 1.44. The lowest BCUT2D eigenvalue weighted by Crippen LogP contribution is -2.38. The first kappa shape index (κ1) is 14.2. The van der Waals surface area contributed by atoms with Crippen LogP contribution in [0, 0.1) is 0 Å². The molecule has 0 fully saturated rings. The Balaban J connectivity index is 2.45. The first-order chi connectivity index (χ1) is 8.10. The molecule has 0 aliphatic carbocycles. The summed E-state index contributed by atoms with van der Waals surface area (Å²) < 4.78 is 10.3. The standard InChI is InChI=1S/C14H23NO2/c1-14(2,12-8-6-5-7-9-12)11-15-10-13(16-3)17-4/h5-9,13,15H,10-11H2,1-4H3. The lowest BCUT2D eigenvalue weighted by Gasteiger charge is -2.26. The van der Waals surface area contributed by atoms with E-state index in [0.29, 0.717) is 6.54 Å². The number of nitrogens with one attached hydrogen (secondary N) is 1. The van der Waals surface area contributed by atoms with Crippen LogP contribution in [-0.4, -0.2) is 33.6 Å². The van der Waals surface area contributed by atoms with Crippen molar-refractivity contribution in [3.8, 4) is 0 Å². The SMILES string of the molecule is COC(CNCC(C)(C)c1ccccc1)OC. The second-order valence-corrected chi connectivity index (χ2v) is 4.78. The van der Waals surface area contributed by atoms with Gasteiger partial charge in [0.15, 0.2) is 6.29 Å². The molecule has 17 heavy (non-hydrogen) atoms. The Morgan fingerprint density at radius 3 is 2.24 bits per heavy atom. The number of methoxy groups -OCH3 is 2. The Labute approximate surface area is 104 Å². The van der Waals surface area contributed by atoms with Gasteiger partial charge in [-0.1, -0.05) is 44.2 Å². The zero-order valence-electron chi connectivity index (χ0n) is 11.2. The van der Waals surface area contributed by atoms with Crippen molar-refractivity contribution in [2.45, 2.75) is 25.6 Å². The van der Waals surface area contributed by atoms with Crippen molar-refractivity contribution in [1.82, 2.24) is 5.32 Å². The van der Waals surface area contributed by atoms with Crippen LogP contribution in [-0.2, 0) is 14.9 Å². The third-order valence-corrected chi connectivity index (χ3v) is 2.96. The van der Waals surface area contributed by atoms with Crippen LogP contribution in [0.4, 0.5) is 0 Å². The average Bonchev–Trinajstić information content (AvgIpc) is 2.36. The largest absolute Gasteiger partial charge is 0.355 e. The number of hydrogen-bond acceptors (Lipinski definition) is 3. The summed E-state index contributed by atoms with van der Waals surface area (Å²) >= 11 is 0. The first-order valence-corrected chi connectivity index (χ1v) is 5.92. The summed E-state index contributed by atoms with van der Waals surface area (Å²) in [6.07, 6.45) is -0.179. The molecule has 0 bridgehead atoms. The molecule has 0 aliphatic heterocycles. The third kappa shape index (κ3) is 4.46. The van der Waals surface area contributed by atoms with Crippen LogP contribution in [0.1, 0.15) is 19.4 Å². The smallest absolute Gasteiger partial charge is 0.169 e. The van der Waals surface area contributed by atoms with Crippen molar-refractivity contribution < 1.29 is 9.47 Å². The molecule has 3 nitrogen and oxygen atoms in total. The van der Waals surface area contributed by atoms with Crippen molar-refractivity contribution in [2.75, 3.05) is 27.3 Å². The van der Waals surface area contributed by atoms with Gasteiger partial charge in [0.05, 0.1) is 0 Å². The van der Waals surface area contributed by atoms with Gasteiger partial charge in [-0.25, -0.2) is 0 Å². The molecule has 0 heterocycles. The van der Waals surface area contributed by atoms with E-state index in [1.807, 2.05) is 6.07 Å². The summed E-state index contributed by atoms with van der Waals surface area (Å²) in [5, 5.41) is 3.38. The minimum atomic E-state index is -0.179. The van der Waals surface area contributed by atoms with Gasteiger partial charge in [0.1, 0.15) is 0 Å². The molecule has 0 spiro atoms. The van der Waals surface area contributed by atoms with Gasteiger partial charge in [0.25, 0.3) is 0 Å². The highest BCUT2D eigenvalue weighted by molar-refractivity contribution is 5.23. The molecular formula is C14H23NO2. The van der Waals surface area contributed by atoms with Crippen molar-refractivity contribution in [1.29, 1.82) is 0 Å². The predicted molar refractivity (Wildman–Crippen MR) is 70.1 cm³/mol. The highest BCUT2D eigenvalue weighted by Gasteiger charge is 2.20. The topological polar surface area (TPSA) is 30.5 Å². The molecule has 1 aromatic rings. The zero-order chi connectivity index (χ0) is 12.7. The summed E-state index contributed by atoms with van der Waals surface area (Å²) in [7, 11) is 3.30. The minimum absolute atomic E-state index is 0.104. The van der Waals surface area contributed by atoms with E-state index in [2.05, 4.69) is 43.4 Å². The van der Waals surface area contributed by atoms with Crippen molar-refractivity contribution in [2.24, 2.45) is 0 Å². The summed E-state index contributed by atoms with van der Waals surface area (Å²) in [5.74, 6) is 0. The van der Waals surface area contributed by atoms with E-state index in [9.17, 15) is 0 Å². The van der Waals surface area contributed by atoms with E-state index in [-0.39, 0.29) is 11.7 Å². The quantitative estimate of drug-likeness (QED) is 0.737. The van der Waals surface area contributed by atoms with Crippen LogP contribution in [0.15, 0.2) is 30.3 Å². The van der Waals surface area contributed by atoms with Gasteiger partial charge in [-0.3, -0.25) is 0 Å². The lowest BCUT2D eigenvalue weighted by atomic mass is 9.85. The Hall–Kier alpha value is -0.900. The fraction of sp³-hybridized carbons (Fsp3) is 0.571. The Kier molecular flexibility index (Phi) is 5.62. The van der Waals surface area contributed by atoms with E-state index in [1.54, 1.807) is 14.2 Å². The summed E-state index contributed by atoms with van der Waals surface area (Å²) in [6.45, 7) is 6.04. The molecule has 96 valence electrons. The molecule has 0 aromatic heterocycles. The molecule has 0 radical (unpaired) electrons. The van der Waals surface area contributed by atoms with Gasteiger partial charge in [0.2, 0.25) is 0 Å². The highest BCUT2D eigenvalue weighted by Crippen LogP contribution is 2.21. The van der Waals surface area contributed by atoms with E-state index in [4.69, 9.17) is 9.47 Å². The highest BCUT2D eigenvalue weighted by atomic mass is 16.7. The van der Waals surface area contributed by atoms with Gasteiger partial charge in [-0.05, 0) is 5.56 Å². The van der Waals surface area contributed by atoms with E-state index >= 15 is 0 Å². The third-order valence-electron chi connectivity index (χ3n) is 2.96. The molecule has 1 N–H and O–H groups in total. The van der Waals surface area contributed by atoms with Crippen LogP contribution in [0.25, 0.3) is 0 Å². The van der Waals surface area contributed by atoms with Crippen LogP contribution >= 0.6 is 0 Å². The molecule has 0 amide bonds. The van der Waals surface area contributed by atoms with Crippen molar-refractivity contribution >= 4 is 0 Å². The maximum Gasteiger partial charge on any atom is 0.169 e. The van der Waals surface area contributed by atoms with Gasteiger partial charge in [-0.15, -0.1) is 0 Å². The lowest BCUT2D eigenvalue weighted by molar-refractivity contribution is -0.0990. The van der Waals surface area contributed by atoms with Crippen LogP contribution in [0.5, 0.6) is 0 Å². The molecule has 1 rings (SSSR count). The van der Waals surface area contributed by atoms with Crippen LogP contribution in [0.2, 0.25) is 0 Å². The normalized spacial score (nSPS) is 12.1. The number of rotatable bonds is 7. The monoisotopic (exact) mass is 237 g/mol. The van der Waals surface area contributed by atoms with Crippen LogP contribution in [0.3, 0.4) is 0 Å². The first-order valence-electron chi connectivity index (χ1n) is 5.92. The Bertz CT molecular complexity index is 307. The number of ether oxygens (including phenoxy) is 2. The second-order valence-electron chi connectivity index (χ2n) is 4.78. The summed E-state index contributed by atoms with van der Waals surface area (Å²) in [4.78, 5) is 0. The van der Waals surface area contributed by atoms with E-state index < -0.39 is 0 Å². The van der Waals surface area contributed by atoms with Gasteiger partial charge < -0.3 is 14.8 Å². The fourth-order valence-electron chi connectivity index (χ4n) is 1.76. The van der Waals surface area contributed by atoms with Gasteiger partial charge in [-0.2, -0.15) is 0 Å². The average molecular weight is 237 g/mol. The molecule has 1 aromatic carbocycles. The molecule has 0 saturated heterocycles. The number of benzene rings is 1. The Morgan fingerprint density at radius 1 is 1.12 bits per heavy atom. The van der Waals surface area contributed by atoms with E-state index in [1.165, 1.54) is 5.56 Å². The molecule has 3 heteroatoms. The van der Waals surface area contributed by atoms with E-state index in [0.717, 1.165) is 6.54 Å². The number of hydrogen-bond donors (Lipinski definition) is 1. The predicted octanol–water partition coefficient (Wildman–Crippen LogP) is 2.17. The molecule has 0 atom stereocenters. The van der Waals surface area contributed by atoms with Crippen molar-refractivity contribution in [3.63, 3.8) is 0 Å². The zero-order valence-corrected chi connectivity index (χ0v) is 11.2. The van der Waals surface area contributed by atoms with Crippen LogP contribution < -0.4 is 5.32 Å².